The molecule has 1 aromatic rings. The average Bonchev–Trinajstić information content (AvgIpc) is 2.98. The minimum atomic E-state index is 0.595. The SMILES string of the molecule is CC(C1CCCCC1)n1ccc(C2CCCCC2)n1. The summed E-state index contributed by atoms with van der Waals surface area (Å²) in [6, 6.07) is 2.88. The van der Waals surface area contributed by atoms with Gasteiger partial charge in [0.2, 0.25) is 0 Å². The van der Waals surface area contributed by atoms with Crippen LogP contribution in [0.1, 0.15) is 88.8 Å². The second kappa shape index (κ2) is 6.11. The third-order valence-corrected chi connectivity index (χ3v) is 5.40. The number of hydrogen-bond acceptors (Lipinski definition) is 1. The van der Waals surface area contributed by atoms with E-state index in [2.05, 4.69) is 23.9 Å². The maximum Gasteiger partial charge on any atom is 0.0655 e. The van der Waals surface area contributed by atoms with E-state index >= 15 is 0 Å². The molecule has 1 unspecified atom stereocenters. The van der Waals surface area contributed by atoms with Crippen LogP contribution in [-0.4, -0.2) is 9.78 Å². The molecule has 2 saturated carbocycles. The van der Waals surface area contributed by atoms with Crippen LogP contribution in [0.25, 0.3) is 0 Å². The molecule has 1 aromatic heterocycles. The van der Waals surface area contributed by atoms with Crippen LogP contribution in [0, 0.1) is 5.92 Å². The Hall–Kier alpha value is -0.790. The Morgan fingerprint density at radius 3 is 2.32 bits per heavy atom. The van der Waals surface area contributed by atoms with Crippen molar-refractivity contribution in [1.29, 1.82) is 0 Å². The quantitative estimate of drug-likeness (QED) is 0.741. The number of nitrogens with zero attached hydrogens (tertiary/aromatic N) is 2. The van der Waals surface area contributed by atoms with E-state index < -0.39 is 0 Å². The highest BCUT2D eigenvalue weighted by Crippen LogP contribution is 2.34. The van der Waals surface area contributed by atoms with Gasteiger partial charge in [-0.25, -0.2) is 0 Å². The van der Waals surface area contributed by atoms with Gasteiger partial charge in [-0.05, 0) is 44.6 Å². The van der Waals surface area contributed by atoms with Gasteiger partial charge in [0.05, 0.1) is 11.7 Å². The maximum atomic E-state index is 4.93. The minimum absolute atomic E-state index is 0.595. The topological polar surface area (TPSA) is 17.8 Å². The lowest BCUT2D eigenvalue weighted by Gasteiger charge is -2.28. The van der Waals surface area contributed by atoms with Crippen molar-refractivity contribution < 1.29 is 0 Å². The zero-order chi connectivity index (χ0) is 13.1. The molecule has 3 rings (SSSR count). The Morgan fingerprint density at radius 2 is 1.63 bits per heavy atom. The molecule has 19 heavy (non-hydrogen) atoms. The fraction of sp³-hybridized carbons (Fsp3) is 0.824. The summed E-state index contributed by atoms with van der Waals surface area (Å²) in [5, 5.41) is 4.93. The smallest absolute Gasteiger partial charge is 0.0655 e. The first kappa shape index (κ1) is 13.2. The predicted molar refractivity (Wildman–Crippen MR) is 79.3 cm³/mol. The molecule has 106 valence electrons. The van der Waals surface area contributed by atoms with E-state index in [0.29, 0.717) is 6.04 Å². The molecular weight excluding hydrogens is 232 g/mol. The van der Waals surface area contributed by atoms with Crippen LogP contribution in [0.15, 0.2) is 12.3 Å². The summed E-state index contributed by atoms with van der Waals surface area (Å²) in [6.45, 7) is 2.37. The van der Waals surface area contributed by atoms with E-state index in [1.165, 1.54) is 69.9 Å². The van der Waals surface area contributed by atoms with Crippen LogP contribution in [0.3, 0.4) is 0 Å². The summed E-state index contributed by atoms with van der Waals surface area (Å²) < 4.78 is 2.26. The number of rotatable bonds is 3. The van der Waals surface area contributed by atoms with Gasteiger partial charge in [0.1, 0.15) is 0 Å². The zero-order valence-corrected chi connectivity index (χ0v) is 12.4. The van der Waals surface area contributed by atoms with Crippen molar-refractivity contribution in [1.82, 2.24) is 9.78 Å². The molecule has 0 radical (unpaired) electrons. The van der Waals surface area contributed by atoms with E-state index in [0.717, 1.165) is 11.8 Å². The number of hydrogen-bond donors (Lipinski definition) is 0. The molecule has 2 aliphatic carbocycles. The Morgan fingerprint density at radius 1 is 1.00 bits per heavy atom. The van der Waals surface area contributed by atoms with Gasteiger partial charge >= 0.3 is 0 Å². The van der Waals surface area contributed by atoms with Crippen LogP contribution >= 0.6 is 0 Å². The van der Waals surface area contributed by atoms with Crippen molar-refractivity contribution >= 4 is 0 Å². The summed E-state index contributed by atoms with van der Waals surface area (Å²) >= 11 is 0. The zero-order valence-electron chi connectivity index (χ0n) is 12.4. The Bertz CT molecular complexity index is 384. The fourth-order valence-corrected chi connectivity index (χ4v) is 4.03. The van der Waals surface area contributed by atoms with Gasteiger partial charge in [0.25, 0.3) is 0 Å². The van der Waals surface area contributed by atoms with Gasteiger partial charge in [0, 0.05) is 12.1 Å². The second-order valence-electron chi connectivity index (χ2n) is 6.69. The summed E-state index contributed by atoms with van der Waals surface area (Å²) in [5.74, 6) is 1.60. The number of aromatic nitrogens is 2. The Balaban J connectivity index is 1.65. The van der Waals surface area contributed by atoms with Gasteiger partial charge in [0.15, 0.2) is 0 Å². The molecule has 1 atom stereocenters. The lowest BCUT2D eigenvalue weighted by Crippen LogP contribution is -2.20. The highest BCUT2D eigenvalue weighted by Gasteiger charge is 2.23. The molecule has 0 bridgehead atoms. The van der Waals surface area contributed by atoms with Crippen molar-refractivity contribution in [3.8, 4) is 0 Å². The molecule has 0 amide bonds. The largest absolute Gasteiger partial charge is 0.269 e. The first-order valence-corrected chi connectivity index (χ1v) is 8.39. The monoisotopic (exact) mass is 260 g/mol. The molecule has 2 heteroatoms. The molecule has 0 spiro atoms. The average molecular weight is 260 g/mol. The summed E-state index contributed by atoms with van der Waals surface area (Å²) in [5.41, 5.74) is 1.36. The van der Waals surface area contributed by atoms with Crippen LogP contribution in [0.2, 0.25) is 0 Å². The molecule has 2 fully saturated rings. The van der Waals surface area contributed by atoms with Crippen molar-refractivity contribution in [3.05, 3.63) is 18.0 Å². The first-order chi connectivity index (χ1) is 9.34. The van der Waals surface area contributed by atoms with E-state index in [4.69, 9.17) is 5.10 Å². The van der Waals surface area contributed by atoms with E-state index in [-0.39, 0.29) is 0 Å². The molecule has 1 heterocycles. The van der Waals surface area contributed by atoms with Crippen molar-refractivity contribution in [2.75, 3.05) is 0 Å². The van der Waals surface area contributed by atoms with Gasteiger partial charge in [-0.1, -0.05) is 38.5 Å². The third-order valence-electron chi connectivity index (χ3n) is 5.40. The molecule has 0 N–H and O–H groups in total. The molecular formula is C17H28N2. The van der Waals surface area contributed by atoms with Gasteiger partial charge in [-0.2, -0.15) is 5.10 Å². The molecule has 0 aliphatic heterocycles. The fourth-order valence-electron chi connectivity index (χ4n) is 4.03. The van der Waals surface area contributed by atoms with Crippen molar-refractivity contribution in [2.24, 2.45) is 5.92 Å². The van der Waals surface area contributed by atoms with Crippen molar-refractivity contribution in [3.63, 3.8) is 0 Å². The minimum Gasteiger partial charge on any atom is -0.269 e. The van der Waals surface area contributed by atoms with Crippen LogP contribution in [0.4, 0.5) is 0 Å². The van der Waals surface area contributed by atoms with Crippen molar-refractivity contribution in [2.45, 2.75) is 83.1 Å². The summed E-state index contributed by atoms with van der Waals surface area (Å²) in [7, 11) is 0. The van der Waals surface area contributed by atoms with Gasteiger partial charge < -0.3 is 0 Å². The highest BCUT2D eigenvalue weighted by molar-refractivity contribution is 5.07. The summed E-state index contributed by atoms with van der Waals surface area (Å²) in [4.78, 5) is 0. The van der Waals surface area contributed by atoms with Gasteiger partial charge in [-0.3, -0.25) is 4.68 Å². The lowest BCUT2D eigenvalue weighted by atomic mass is 9.85. The van der Waals surface area contributed by atoms with Gasteiger partial charge in [-0.15, -0.1) is 0 Å². The molecule has 2 aliphatic rings. The van der Waals surface area contributed by atoms with Crippen LogP contribution in [-0.2, 0) is 0 Å². The van der Waals surface area contributed by atoms with Crippen LogP contribution in [0.5, 0.6) is 0 Å². The Labute approximate surface area is 117 Å². The molecule has 2 nitrogen and oxygen atoms in total. The molecule has 0 aromatic carbocycles. The normalized spacial score (nSPS) is 24.5. The Kier molecular flexibility index (Phi) is 4.24. The lowest BCUT2D eigenvalue weighted by molar-refractivity contribution is 0.249. The highest BCUT2D eigenvalue weighted by atomic mass is 15.3. The predicted octanol–water partition coefficient (Wildman–Crippen LogP) is 5.07. The van der Waals surface area contributed by atoms with E-state index in [1.54, 1.807) is 0 Å². The maximum absolute atomic E-state index is 4.93. The van der Waals surface area contributed by atoms with E-state index in [9.17, 15) is 0 Å². The summed E-state index contributed by atoms with van der Waals surface area (Å²) in [6.07, 6.45) is 16.3. The van der Waals surface area contributed by atoms with Crippen LogP contribution < -0.4 is 0 Å². The molecule has 0 saturated heterocycles. The first-order valence-electron chi connectivity index (χ1n) is 8.39. The second-order valence-corrected chi connectivity index (χ2v) is 6.69. The van der Waals surface area contributed by atoms with E-state index in [1.807, 2.05) is 0 Å². The third kappa shape index (κ3) is 3.04. The standard InChI is InChI=1S/C17H28N2/c1-14(15-8-4-2-5-9-15)19-13-12-17(18-19)16-10-6-3-7-11-16/h12-16H,2-11H2,1H3.